The van der Waals surface area contributed by atoms with Crippen LogP contribution in [0.2, 0.25) is 0 Å². The summed E-state index contributed by atoms with van der Waals surface area (Å²) in [5, 5.41) is 0. The Balaban J connectivity index is 1.70. The van der Waals surface area contributed by atoms with Crippen molar-refractivity contribution in [2.45, 2.75) is 44.6 Å². The number of ether oxygens (including phenoxy) is 1. The van der Waals surface area contributed by atoms with Crippen molar-refractivity contribution in [3.63, 3.8) is 0 Å². The van der Waals surface area contributed by atoms with E-state index < -0.39 is 35.3 Å². The number of carbonyl (C=O) groups excluding carboxylic acids is 1. The lowest BCUT2D eigenvalue weighted by atomic mass is 10.1. The monoisotopic (exact) mass is 498 g/mol. The van der Waals surface area contributed by atoms with Crippen LogP contribution < -0.4 is 9.80 Å². The molecule has 35 heavy (non-hydrogen) atoms. The van der Waals surface area contributed by atoms with Gasteiger partial charge < -0.3 is 14.5 Å². The van der Waals surface area contributed by atoms with Crippen LogP contribution in [-0.2, 0) is 15.7 Å². The van der Waals surface area contributed by atoms with Crippen LogP contribution in [0.15, 0.2) is 30.3 Å². The molecule has 0 saturated carbocycles. The van der Waals surface area contributed by atoms with Crippen LogP contribution in [0.3, 0.4) is 0 Å². The second kappa shape index (κ2) is 9.69. The van der Waals surface area contributed by atoms with Gasteiger partial charge in [-0.05, 0) is 51.6 Å². The first kappa shape index (κ1) is 25.3. The largest absolute Gasteiger partial charge is 0.416 e. The summed E-state index contributed by atoms with van der Waals surface area (Å²) in [6.07, 6.45) is -4.23. The van der Waals surface area contributed by atoms with Gasteiger partial charge in [0.2, 0.25) is 5.91 Å². The molecule has 2 aliphatic rings. The van der Waals surface area contributed by atoms with E-state index in [0.29, 0.717) is 19.6 Å². The third-order valence-electron chi connectivity index (χ3n) is 6.70. The lowest BCUT2D eigenvalue weighted by Gasteiger charge is -2.38. The maximum absolute atomic E-state index is 13.9. The number of hydrogen-bond donors (Lipinski definition) is 0. The summed E-state index contributed by atoms with van der Waals surface area (Å²) >= 11 is 0. The number of alkyl halides is 3. The minimum absolute atomic E-state index is 0.0535. The number of rotatable bonds is 6. The third-order valence-corrected chi connectivity index (χ3v) is 6.70. The van der Waals surface area contributed by atoms with Crippen molar-refractivity contribution >= 4 is 17.4 Å². The number of likely N-dealkylation sites (N-methyl/N-ethyl adjacent to an activating group) is 2. The maximum atomic E-state index is 13.9. The highest BCUT2D eigenvalue weighted by molar-refractivity contribution is 5.99. The molecule has 2 saturated heterocycles. The van der Waals surface area contributed by atoms with Crippen molar-refractivity contribution in [2.24, 2.45) is 0 Å². The van der Waals surface area contributed by atoms with E-state index in [0.717, 1.165) is 24.3 Å². The van der Waals surface area contributed by atoms with Gasteiger partial charge in [0.05, 0.1) is 24.8 Å². The second-order valence-electron chi connectivity index (χ2n) is 8.95. The molecule has 6 nitrogen and oxygen atoms in total. The number of benzene rings is 1. The van der Waals surface area contributed by atoms with E-state index in [2.05, 4.69) is 9.88 Å². The molecule has 0 bridgehead atoms. The molecule has 2 unspecified atom stereocenters. The summed E-state index contributed by atoms with van der Waals surface area (Å²) in [4.78, 5) is 23.0. The molecule has 0 radical (unpaired) electrons. The summed E-state index contributed by atoms with van der Waals surface area (Å²) < 4.78 is 73.2. The van der Waals surface area contributed by atoms with E-state index in [9.17, 15) is 26.7 Å². The zero-order valence-electron chi connectivity index (χ0n) is 19.6. The molecule has 2 atom stereocenters. The van der Waals surface area contributed by atoms with Gasteiger partial charge in [-0.2, -0.15) is 13.2 Å². The SMILES string of the molecule is CCN(C(=O)C1CC(N(C)C2COC2)CN1c1cc(C(F)(F)F)cc(C)n1)c1ccc(F)c(F)c1. The number of carbonyl (C=O) groups is 1. The molecule has 3 heterocycles. The number of nitrogens with zero attached hydrogens (tertiary/aromatic N) is 4. The fourth-order valence-corrected chi connectivity index (χ4v) is 4.61. The van der Waals surface area contributed by atoms with Crippen LogP contribution in [0.25, 0.3) is 0 Å². The van der Waals surface area contributed by atoms with Crippen LogP contribution in [0, 0.1) is 18.6 Å². The van der Waals surface area contributed by atoms with Crippen molar-refractivity contribution in [1.29, 1.82) is 0 Å². The molecule has 2 aliphatic heterocycles. The molecule has 2 fully saturated rings. The zero-order chi connectivity index (χ0) is 25.5. The van der Waals surface area contributed by atoms with Gasteiger partial charge in [-0.15, -0.1) is 0 Å². The van der Waals surface area contributed by atoms with E-state index in [1.165, 1.54) is 17.9 Å². The first-order valence-electron chi connectivity index (χ1n) is 11.4. The van der Waals surface area contributed by atoms with Gasteiger partial charge in [0.25, 0.3) is 0 Å². The standard InChI is InChI=1S/C24H27F5N4O2/c1-4-32(16-5-6-19(25)20(26)9-16)23(34)21-10-17(31(3)18-12-35-13-18)11-33(21)22-8-15(24(27,28)29)7-14(2)30-22/h5-9,17-18,21H,4,10-13H2,1-3H3. The number of anilines is 2. The molecule has 0 N–H and O–H groups in total. The molecule has 0 aliphatic carbocycles. The fraction of sp³-hybridized carbons (Fsp3) is 0.500. The predicted octanol–water partition coefficient (Wildman–Crippen LogP) is 4.02. The minimum atomic E-state index is -4.57. The lowest BCUT2D eigenvalue weighted by molar-refractivity contribution is -0.137. The summed E-state index contributed by atoms with van der Waals surface area (Å²) in [6.45, 7) is 4.71. The van der Waals surface area contributed by atoms with Crippen LogP contribution in [0.5, 0.6) is 0 Å². The summed E-state index contributed by atoms with van der Waals surface area (Å²) in [5.41, 5.74) is -0.491. The van der Waals surface area contributed by atoms with Crippen LogP contribution in [0.1, 0.15) is 24.6 Å². The van der Waals surface area contributed by atoms with Gasteiger partial charge in [0.1, 0.15) is 11.9 Å². The minimum Gasteiger partial charge on any atom is -0.378 e. The van der Waals surface area contributed by atoms with Gasteiger partial charge in [-0.1, -0.05) is 0 Å². The van der Waals surface area contributed by atoms with Crippen molar-refractivity contribution in [3.8, 4) is 0 Å². The molecule has 1 aromatic carbocycles. The van der Waals surface area contributed by atoms with E-state index in [4.69, 9.17) is 4.74 Å². The van der Waals surface area contributed by atoms with Gasteiger partial charge in [-0.3, -0.25) is 9.69 Å². The Bertz CT molecular complexity index is 1090. The Kier molecular flexibility index (Phi) is 7.01. The topological polar surface area (TPSA) is 48.9 Å². The predicted molar refractivity (Wildman–Crippen MR) is 120 cm³/mol. The maximum Gasteiger partial charge on any atom is 0.416 e. The second-order valence-corrected chi connectivity index (χ2v) is 8.95. The Hall–Kier alpha value is -2.79. The number of pyridine rings is 1. The number of aromatic nitrogens is 1. The van der Waals surface area contributed by atoms with Crippen LogP contribution in [0.4, 0.5) is 33.5 Å². The lowest BCUT2D eigenvalue weighted by Crippen LogP contribution is -2.52. The smallest absolute Gasteiger partial charge is 0.378 e. The first-order valence-corrected chi connectivity index (χ1v) is 11.4. The highest BCUT2D eigenvalue weighted by atomic mass is 19.4. The van der Waals surface area contributed by atoms with Crippen molar-refractivity contribution in [1.82, 2.24) is 9.88 Å². The fourth-order valence-electron chi connectivity index (χ4n) is 4.61. The van der Waals surface area contributed by atoms with E-state index in [1.54, 1.807) is 11.8 Å². The summed E-state index contributed by atoms with van der Waals surface area (Å²) in [7, 11) is 1.90. The van der Waals surface area contributed by atoms with Gasteiger partial charge in [0.15, 0.2) is 11.6 Å². The molecule has 1 aromatic heterocycles. The number of amides is 1. The van der Waals surface area contributed by atoms with Gasteiger partial charge >= 0.3 is 6.18 Å². The number of hydrogen-bond acceptors (Lipinski definition) is 5. The Labute approximate surface area is 200 Å². The average molecular weight is 498 g/mol. The molecular formula is C24H27F5N4O2. The Morgan fingerprint density at radius 1 is 1.14 bits per heavy atom. The molecule has 0 spiro atoms. The average Bonchev–Trinajstić information content (AvgIpc) is 3.20. The zero-order valence-corrected chi connectivity index (χ0v) is 19.6. The normalized spacial score (nSPS) is 20.9. The molecule has 11 heteroatoms. The quantitative estimate of drug-likeness (QED) is 0.564. The molecule has 2 aromatic rings. The molecular weight excluding hydrogens is 471 g/mol. The van der Waals surface area contributed by atoms with Gasteiger partial charge in [0, 0.05) is 36.6 Å². The van der Waals surface area contributed by atoms with Crippen LogP contribution >= 0.6 is 0 Å². The van der Waals surface area contributed by atoms with Crippen LogP contribution in [-0.4, -0.2) is 67.3 Å². The molecule has 4 rings (SSSR count). The highest BCUT2D eigenvalue weighted by Gasteiger charge is 2.44. The Morgan fingerprint density at radius 3 is 2.43 bits per heavy atom. The van der Waals surface area contributed by atoms with E-state index in [-0.39, 0.29) is 42.4 Å². The number of aryl methyl sites for hydroxylation is 1. The molecule has 1 amide bonds. The van der Waals surface area contributed by atoms with Crippen molar-refractivity contribution in [2.75, 3.05) is 43.2 Å². The van der Waals surface area contributed by atoms with E-state index >= 15 is 0 Å². The van der Waals surface area contributed by atoms with E-state index in [1.807, 2.05) is 7.05 Å². The van der Waals surface area contributed by atoms with Crippen molar-refractivity contribution in [3.05, 3.63) is 53.2 Å². The Morgan fingerprint density at radius 2 is 1.86 bits per heavy atom. The van der Waals surface area contributed by atoms with Gasteiger partial charge in [-0.25, -0.2) is 13.8 Å². The van der Waals surface area contributed by atoms with Crippen molar-refractivity contribution < 1.29 is 31.5 Å². The third kappa shape index (κ3) is 5.11. The number of halogens is 5. The molecule has 190 valence electrons. The highest BCUT2D eigenvalue weighted by Crippen LogP contribution is 2.35. The first-order chi connectivity index (χ1) is 16.5. The summed E-state index contributed by atoms with van der Waals surface area (Å²) in [6, 6.07) is 4.28. The summed E-state index contributed by atoms with van der Waals surface area (Å²) in [5.74, 6) is -2.49.